The van der Waals surface area contributed by atoms with Crippen LogP contribution in [0.1, 0.15) is 42.7 Å². The van der Waals surface area contributed by atoms with Crippen molar-refractivity contribution < 1.29 is 14.6 Å². The van der Waals surface area contributed by atoms with Gasteiger partial charge in [0.1, 0.15) is 12.4 Å². The molecule has 1 N–H and O–H groups in total. The minimum absolute atomic E-state index is 0.168. The quantitative estimate of drug-likeness (QED) is 0.634. The van der Waals surface area contributed by atoms with Gasteiger partial charge in [-0.15, -0.1) is 0 Å². The van der Waals surface area contributed by atoms with Crippen LogP contribution in [0.5, 0.6) is 5.75 Å². The maximum atomic E-state index is 12.5. The summed E-state index contributed by atoms with van der Waals surface area (Å²) >= 11 is 12.0. The van der Waals surface area contributed by atoms with Crippen molar-refractivity contribution in [1.82, 2.24) is 9.80 Å². The van der Waals surface area contributed by atoms with E-state index in [2.05, 4.69) is 11.0 Å². The minimum Gasteiger partial charge on any atom is -0.508 e. The van der Waals surface area contributed by atoms with Crippen LogP contribution in [0, 0.1) is 0 Å². The normalized spacial score (nSPS) is 18.8. The van der Waals surface area contributed by atoms with Crippen molar-refractivity contribution in [1.29, 1.82) is 0 Å². The lowest BCUT2D eigenvalue weighted by Gasteiger charge is -2.41. The zero-order valence-corrected chi connectivity index (χ0v) is 19.0. The number of piperidine rings is 2. The Balaban J connectivity index is 1.21. The van der Waals surface area contributed by atoms with Gasteiger partial charge in [-0.3, -0.25) is 0 Å². The van der Waals surface area contributed by atoms with Crippen molar-refractivity contribution >= 4 is 29.3 Å². The third kappa shape index (κ3) is 5.85. The van der Waals surface area contributed by atoms with Crippen molar-refractivity contribution in [3.63, 3.8) is 0 Å². The van der Waals surface area contributed by atoms with Crippen LogP contribution in [0.15, 0.2) is 42.5 Å². The van der Waals surface area contributed by atoms with Crippen LogP contribution in [-0.2, 0) is 11.3 Å². The number of carbonyl (C=O) groups excluding carboxylic acids is 1. The summed E-state index contributed by atoms with van der Waals surface area (Å²) in [7, 11) is 0. The summed E-state index contributed by atoms with van der Waals surface area (Å²) in [6, 6.07) is 13.3. The number of phenolic OH excluding ortho intramolecular Hbond substituents is 1. The first kappa shape index (κ1) is 22.3. The second-order valence-corrected chi connectivity index (χ2v) is 9.33. The number of phenols is 1. The number of hydrogen-bond donors (Lipinski definition) is 1. The summed E-state index contributed by atoms with van der Waals surface area (Å²) in [5.74, 6) is 0.857. The van der Waals surface area contributed by atoms with Gasteiger partial charge in [0.2, 0.25) is 0 Å². The highest BCUT2D eigenvalue weighted by molar-refractivity contribution is 6.34. The molecule has 1 amide bonds. The van der Waals surface area contributed by atoms with Gasteiger partial charge in [-0.05, 0) is 86.1 Å². The maximum absolute atomic E-state index is 12.5. The molecule has 31 heavy (non-hydrogen) atoms. The van der Waals surface area contributed by atoms with E-state index in [1.807, 2.05) is 12.1 Å². The molecule has 2 heterocycles. The molecule has 4 rings (SSSR count). The summed E-state index contributed by atoms with van der Waals surface area (Å²) in [4.78, 5) is 16.8. The van der Waals surface area contributed by atoms with Gasteiger partial charge in [-0.1, -0.05) is 35.3 Å². The molecule has 2 fully saturated rings. The lowest BCUT2D eigenvalue weighted by Crippen LogP contribution is -2.48. The number of benzene rings is 2. The van der Waals surface area contributed by atoms with Crippen molar-refractivity contribution in [2.24, 2.45) is 0 Å². The monoisotopic (exact) mass is 462 g/mol. The smallest absolute Gasteiger partial charge is 0.410 e. The first-order chi connectivity index (χ1) is 15.0. The van der Waals surface area contributed by atoms with Crippen molar-refractivity contribution in [3.8, 4) is 5.75 Å². The lowest BCUT2D eigenvalue weighted by atomic mass is 9.88. The number of rotatable bonds is 4. The first-order valence-electron chi connectivity index (χ1n) is 10.9. The van der Waals surface area contributed by atoms with E-state index in [-0.39, 0.29) is 12.7 Å². The molecule has 2 saturated heterocycles. The third-order valence-electron chi connectivity index (χ3n) is 6.39. The largest absolute Gasteiger partial charge is 0.508 e. The van der Waals surface area contributed by atoms with Gasteiger partial charge >= 0.3 is 6.09 Å². The van der Waals surface area contributed by atoms with Gasteiger partial charge in [-0.25, -0.2) is 4.79 Å². The van der Waals surface area contributed by atoms with Gasteiger partial charge in [0.05, 0.1) is 0 Å². The molecular formula is C24H28Cl2N2O3. The van der Waals surface area contributed by atoms with Crippen LogP contribution in [0.2, 0.25) is 10.0 Å². The highest BCUT2D eigenvalue weighted by atomic mass is 35.5. The maximum Gasteiger partial charge on any atom is 0.410 e. The molecule has 2 aliphatic heterocycles. The predicted octanol–water partition coefficient (Wildman–Crippen LogP) is 5.68. The Labute approximate surface area is 193 Å². The van der Waals surface area contributed by atoms with E-state index in [1.165, 1.54) is 5.56 Å². The second-order valence-electron chi connectivity index (χ2n) is 8.46. The zero-order chi connectivity index (χ0) is 21.8. The van der Waals surface area contributed by atoms with Crippen molar-refractivity contribution in [2.75, 3.05) is 26.2 Å². The molecule has 7 heteroatoms. The van der Waals surface area contributed by atoms with Gasteiger partial charge in [0.25, 0.3) is 0 Å². The number of carbonyl (C=O) groups is 1. The molecule has 2 aromatic rings. The minimum atomic E-state index is -0.280. The number of amides is 1. The molecule has 0 atom stereocenters. The van der Waals surface area contributed by atoms with Crippen LogP contribution in [0.25, 0.3) is 0 Å². The number of aromatic hydroxyl groups is 1. The van der Waals surface area contributed by atoms with Crippen LogP contribution in [0.4, 0.5) is 4.79 Å². The Morgan fingerprint density at radius 2 is 1.65 bits per heavy atom. The van der Waals surface area contributed by atoms with Crippen molar-refractivity contribution in [3.05, 3.63) is 63.6 Å². The fourth-order valence-corrected chi connectivity index (χ4v) is 5.29. The second kappa shape index (κ2) is 10.1. The first-order valence-corrected chi connectivity index (χ1v) is 11.6. The SMILES string of the molecule is O=C(OCc1cc(Cl)cc(Cl)c1)N1CCC(N2CCC(c3cccc(O)c3)CC2)CC1. The third-order valence-corrected chi connectivity index (χ3v) is 6.83. The Bertz CT molecular complexity index is 887. The van der Waals surface area contributed by atoms with E-state index in [0.29, 0.717) is 40.8 Å². The van der Waals surface area contributed by atoms with Crippen LogP contribution < -0.4 is 0 Å². The van der Waals surface area contributed by atoms with E-state index in [9.17, 15) is 9.90 Å². The Morgan fingerprint density at radius 3 is 2.29 bits per heavy atom. The molecular weight excluding hydrogens is 435 g/mol. The van der Waals surface area contributed by atoms with Gasteiger partial charge < -0.3 is 19.6 Å². The molecule has 0 bridgehead atoms. The number of halogens is 2. The molecule has 0 aromatic heterocycles. The highest BCUT2D eigenvalue weighted by Gasteiger charge is 2.30. The Hall–Kier alpha value is -1.95. The molecule has 0 spiro atoms. The van der Waals surface area contributed by atoms with Gasteiger partial charge in [0, 0.05) is 29.2 Å². The summed E-state index contributed by atoms with van der Waals surface area (Å²) in [6.45, 7) is 3.72. The van der Waals surface area contributed by atoms with E-state index in [0.717, 1.165) is 44.3 Å². The molecule has 2 aromatic carbocycles. The van der Waals surface area contributed by atoms with Crippen LogP contribution >= 0.6 is 23.2 Å². The highest BCUT2D eigenvalue weighted by Crippen LogP contribution is 2.32. The molecule has 0 unspecified atom stereocenters. The van der Waals surface area contributed by atoms with Crippen LogP contribution in [0.3, 0.4) is 0 Å². The van der Waals surface area contributed by atoms with Gasteiger partial charge in [0.15, 0.2) is 0 Å². The average molecular weight is 463 g/mol. The summed E-state index contributed by atoms with van der Waals surface area (Å²) < 4.78 is 5.47. The number of ether oxygens (including phenoxy) is 1. The number of nitrogens with zero attached hydrogens (tertiary/aromatic N) is 2. The molecule has 5 nitrogen and oxygen atoms in total. The zero-order valence-electron chi connectivity index (χ0n) is 17.5. The van der Waals surface area contributed by atoms with Crippen molar-refractivity contribution in [2.45, 2.75) is 44.2 Å². The van der Waals surface area contributed by atoms with E-state index in [4.69, 9.17) is 27.9 Å². The number of hydrogen-bond acceptors (Lipinski definition) is 4. The Kier molecular flexibility index (Phi) is 7.26. The topological polar surface area (TPSA) is 53.0 Å². The lowest BCUT2D eigenvalue weighted by molar-refractivity contribution is 0.0608. The van der Waals surface area contributed by atoms with E-state index in [1.54, 1.807) is 29.2 Å². The fraction of sp³-hybridized carbons (Fsp3) is 0.458. The summed E-state index contributed by atoms with van der Waals surface area (Å²) in [5.41, 5.74) is 2.02. The summed E-state index contributed by atoms with van der Waals surface area (Å²) in [6.07, 6.45) is 3.86. The summed E-state index contributed by atoms with van der Waals surface area (Å²) in [5, 5.41) is 10.8. The number of likely N-dealkylation sites (tertiary alicyclic amines) is 2. The predicted molar refractivity (Wildman–Crippen MR) is 123 cm³/mol. The molecule has 0 saturated carbocycles. The average Bonchev–Trinajstić information content (AvgIpc) is 2.77. The molecule has 166 valence electrons. The molecule has 0 aliphatic carbocycles. The molecule has 2 aliphatic rings. The fourth-order valence-electron chi connectivity index (χ4n) is 4.72. The van der Waals surface area contributed by atoms with E-state index < -0.39 is 0 Å². The van der Waals surface area contributed by atoms with Crippen LogP contribution in [-0.4, -0.2) is 53.2 Å². The Morgan fingerprint density at radius 1 is 0.968 bits per heavy atom. The standard InChI is InChI=1S/C24H28Cl2N2O3/c25-20-12-17(13-21(26)15-20)16-31-24(30)28-10-6-22(7-11-28)27-8-4-18(5-9-27)19-2-1-3-23(29)14-19/h1-3,12-15,18,22,29H,4-11,16H2. The molecule has 0 radical (unpaired) electrons. The van der Waals surface area contributed by atoms with E-state index >= 15 is 0 Å². The van der Waals surface area contributed by atoms with Gasteiger partial charge in [-0.2, -0.15) is 0 Å².